The van der Waals surface area contributed by atoms with Crippen LogP contribution in [0, 0.1) is 11.3 Å². The number of carboxylic acid groups (broad SMARTS) is 1. The van der Waals surface area contributed by atoms with Crippen LogP contribution in [-0.4, -0.2) is 23.3 Å². The van der Waals surface area contributed by atoms with Crippen LogP contribution in [0.3, 0.4) is 0 Å². The van der Waals surface area contributed by atoms with Crippen molar-refractivity contribution in [2.45, 2.75) is 63.6 Å². The van der Waals surface area contributed by atoms with E-state index in [1.165, 1.54) is 12.3 Å². The van der Waals surface area contributed by atoms with E-state index >= 15 is 0 Å². The first-order valence-electron chi connectivity index (χ1n) is 6.46. The fourth-order valence-corrected chi connectivity index (χ4v) is 3.58. The van der Waals surface area contributed by atoms with Crippen LogP contribution in [0.5, 0.6) is 0 Å². The molecular formula is C13H19O3. The van der Waals surface area contributed by atoms with Gasteiger partial charge in [0.2, 0.25) is 0 Å². The molecule has 0 amide bonds. The fourth-order valence-electron chi connectivity index (χ4n) is 3.58. The van der Waals surface area contributed by atoms with E-state index in [9.17, 15) is 9.90 Å². The van der Waals surface area contributed by atoms with Crippen LogP contribution in [0.2, 0.25) is 0 Å². The van der Waals surface area contributed by atoms with Gasteiger partial charge in [-0.2, -0.15) is 0 Å². The van der Waals surface area contributed by atoms with Crippen molar-refractivity contribution in [2.24, 2.45) is 5.41 Å². The maximum Gasteiger partial charge on any atom is 0.310 e. The molecule has 0 bridgehead atoms. The van der Waals surface area contributed by atoms with Gasteiger partial charge in [0.15, 0.2) is 0 Å². The highest BCUT2D eigenvalue weighted by Gasteiger charge is 2.53. The van der Waals surface area contributed by atoms with Crippen molar-refractivity contribution in [3.63, 3.8) is 0 Å². The molecule has 1 heterocycles. The van der Waals surface area contributed by atoms with E-state index in [-0.39, 0.29) is 0 Å². The van der Waals surface area contributed by atoms with Gasteiger partial charge >= 0.3 is 5.97 Å². The van der Waals surface area contributed by atoms with Crippen molar-refractivity contribution >= 4 is 5.97 Å². The molecule has 3 heteroatoms. The first kappa shape index (κ1) is 10.6. The smallest absolute Gasteiger partial charge is 0.310 e. The second-order valence-electron chi connectivity index (χ2n) is 5.51. The Labute approximate surface area is 96.2 Å². The third-order valence-electron chi connectivity index (χ3n) is 4.66. The van der Waals surface area contributed by atoms with Crippen molar-refractivity contribution in [3.05, 3.63) is 5.92 Å². The van der Waals surface area contributed by atoms with Gasteiger partial charge in [-0.3, -0.25) is 4.79 Å². The molecule has 89 valence electrons. The summed E-state index contributed by atoms with van der Waals surface area (Å²) in [6.45, 7) is 0. The van der Waals surface area contributed by atoms with Crippen LogP contribution in [-0.2, 0) is 9.53 Å². The van der Waals surface area contributed by atoms with Gasteiger partial charge in [-0.25, -0.2) is 0 Å². The zero-order valence-corrected chi connectivity index (χ0v) is 9.58. The SMILES string of the molecule is O=C(O)C1([C]2CCC3OC3C2)CCCCC1. The number of fused-ring (bicyclic) bond motifs is 1. The topological polar surface area (TPSA) is 49.8 Å². The second-order valence-corrected chi connectivity index (χ2v) is 5.51. The molecule has 0 aromatic carbocycles. The van der Waals surface area contributed by atoms with Crippen molar-refractivity contribution in [2.75, 3.05) is 0 Å². The Hall–Kier alpha value is -0.570. The highest BCUT2D eigenvalue weighted by Crippen LogP contribution is 2.53. The number of hydrogen-bond donors (Lipinski definition) is 1. The Balaban J connectivity index is 1.78. The predicted octanol–water partition coefficient (Wildman–Crippen LogP) is 2.55. The summed E-state index contributed by atoms with van der Waals surface area (Å²) in [5.74, 6) is 0.694. The number of carboxylic acids is 1. The van der Waals surface area contributed by atoms with E-state index in [4.69, 9.17) is 4.74 Å². The highest BCUT2D eigenvalue weighted by molar-refractivity contribution is 5.78. The lowest BCUT2D eigenvalue weighted by Gasteiger charge is -2.40. The lowest BCUT2D eigenvalue weighted by atomic mass is 9.62. The summed E-state index contributed by atoms with van der Waals surface area (Å²) in [5.41, 5.74) is -0.491. The van der Waals surface area contributed by atoms with Gasteiger partial charge in [0.05, 0.1) is 17.6 Å². The number of rotatable bonds is 2. The monoisotopic (exact) mass is 223 g/mol. The molecule has 2 saturated carbocycles. The Morgan fingerprint density at radius 2 is 2.00 bits per heavy atom. The summed E-state index contributed by atoms with van der Waals surface area (Å²) in [6, 6.07) is 0. The van der Waals surface area contributed by atoms with Gasteiger partial charge < -0.3 is 9.84 Å². The zero-order valence-electron chi connectivity index (χ0n) is 9.58. The maximum absolute atomic E-state index is 11.6. The average Bonchev–Trinajstić information content (AvgIpc) is 3.07. The van der Waals surface area contributed by atoms with E-state index in [0.29, 0.717) is 12.2 Å². The molecule has 0 aromatic heterocycles. The maximum atomic E-state index is 11.6. The summed E-state index contributed by atoms with van der Waals surface area (Å²) in [7, 11) is 0. The van der Waals surface area contributed by atoms with Crippen LogP contribution in [0.1, 0.15) is 51.4 Å². The van der Waals surface area contributed by atoms with Crippen molar-refractivity contribution in [1.82, 2.24) is 0 Å². The lowest BCUT2D eigenvalue weighted by molar-refractivity contribution is -0.150. The van der Waals surface area contributed by atoms with Crippen LogP contribution in [0.4, 0.5) is 0 Å². The number of carbonyl (C=O) groups is 1. The zero-order chi connectivity index (χ0) is 11.2. The van der Waals surface area contributed by atoms with E-state index in [2.05, 4.69) is 0 Å². The first-order chi connectivity index (χ1) is 7.72. The summed E-state index contributed by atoms with van der Waals surface area (Å²) in [4.78, 5) is 11.6. The minimum absolute atomic E-state index is 0.363. The van der Waals surface area contributed by atoms with E-state index in [1.807, 2.05) is 0 Å². The minimum atomic E-state index is -0.582. The Morgan fingerprint density at radius 1 is 1.25 bits per heavy atom. The van der Waals surface area contributed by atoms with Crippen molar-refractivity contribution in [1.29, 1.82) is 0 Å². The molecule has 1 N–H and O–H groups in total. The molecule has 2 unspecified atom stereocenters. The van der Waals surface area contributed by atoms with Gasteiger partial charge in [-0.05, 0) is 38.0 Å². The molecule has 0 aromatic rings. The second kappa shape index (κ2) is 3.73. The highest BCUT2D eigenvalue weighted by atomic mass is 16.6. The van der Waals surface area contributed by atoms with Gasteiger partial charge in [-0.15, -0.1) is 0 Å². The molecule has 16 heavy (non-hydrogen) atoms. The minimum Gasteiger partial charge on any atom is -0.481 e. The summed E-state index contributed by atoms with van der Waals surface area (Å²) >= 11 is 0. The average molecular weight is 223 g/mol. The normalized spacial score (nSPS) is 37.8. The number of aliphatic carboxylic acids is 1. The molecule has 1 radical (unpaired) electrons. The molecule has 3 nitrogen and oxygen atoms in total. The van der Waals surface area contributed by atoms with Crippen molar-refractivity contribution < 1.29 is 14.6 Å². The van der Waals surface area contributed by atoms with Gasteiger partial charge in [0, 0.05) is 0 Å². The fraction of sp³-hybridized carbons (Fsp3) is 0.846. The Morgan fingerprint density at radius 3 is 2.62 bits per heavy atom. The first-order valence-corrected chi connectivity index (χ1v) is 6.46. The van der Waals surface area contributed by atoms with Gasteiger partial charge in [-0.1, -0.05) is 19.3 Å². The van der Waals surface area contributed by atoms with Crippen LogP contribution in [0.25, 0.3) is 0 Å². The van der Waals surface area contributed by atoms with Crippen LogP contribution < -0.4 is 0 Å². The third-order valence-corrected chi connectivity index (χ3v) is 4.66. The third kappa shape index (κ3) is 1.56. The summed E-state index contributed by atoms with van der Waals surface area (Å²) in [5, 5.41) is 9.58. The molecule has 3 rings (SSSR count). The van der Waals surface area contributed by atoms with E-state index in [0.717, 1.165) is 44.9 Å². The molecule has 2 atom stereocenters. The molecule has 1 aliphatic heterocycles. The standard InChI is InChI=1S/C13H19O3/c14-12(15)13(6-2-1-3-7-13)9-4-5-10-11(8-9)16-10/h10-11H,1-8H2,(H,14,15). The van der Waals surface area contributed by atoms with E-state index in [1.54, 1.807) is 0 Å². The quantitative estimate of drug-likeness (QED) is 0.732. The molecule has 2 aliphatic carbocycles. The summed E-state index contributed by atoms with van der Waals surface area (Å²) in [6.07, 6.45) is 8.82. The Kier molecular flexibility index (Phi) is 2.46. The molecule has 3 fully saturated rings. The molecule has 3 aliphatic rings. The predicted molar refractivity (Wildman–Crippen MR) is 58.9 cm³/mol. The van der Waals surface area contributed by atoms with E-state index < -0.39 is 11.4 Å². The van der Waals surface area contributed by atoms with Crippen LogP contribution >= 0.6 is 0 Å². The Bertz CT molecular complexity index is 294. The number of ether oxygens (including phenoxy) is 1. The molecule has 1 saturated heterocycles. The lowest BCUT2D eigenvalue weighted by Crippen LogP contribution is -2.41. The summed E-state index contributed by atoms with van der Waals surface area (Å²) < 4.78 is 5.51. The van der Waals surface area contributed by atoms with Gasteiger partial charge in [0.1, 0.15) is 0 Å². The largest absolute Gasteiger partial charge is 0.481 e. The van der Waals surface area contributed by atoms with Crippen molar-refractivity contribution in [3.8, 4) is 0 Å². The van der Waals surface area contributed by atoms with Gasteiger partial charge in [0.25, 0.3) is 0 Å². The number of epoxide rings is 1. The molecule has 0 spiro atoms. The number of hydrogen-bond acceptors (Lipinski definition) is 2. The van der Waals surface area contributed by atoms with Crippen LogP contribution in [0.15, 0.2) is 0 Å². The molecular weight excluding hydrogens is 204 g/mol.